The Morgan fingerprint density at radius 2 is 1.78 bits per heavy atom. The summed E-state index contributed by atoms with van der Waals surface area (Å²) in [6, 6.07) is 16.4. The molecule has 0 amide bonds. The molecule has 2 aromatic carbocycles. The highest BCUT2D eigenvalue weighted by molar-refractivity contribution is 6.30. The van der Waals surface area contributed by atoms with E-state index in [0.717, 1.165) is 5.56 Å². The van der Waals surface area contributed by atoms with Crippen molar-refractivity contribution in [2.45, 2.75) is 6.54 Å². The van der Waals surface area contributed by atoms with E-state index in [1.54, 1.807) is 28.8 Å². The largest absolute Gasteiger partial charge is 0.326 e. The van der Waals surface area contributed by atoms with E-state index in [1.807, 2.05) is 30.3 Å². The SMILES string of the molecule is O=c1nc(Nc2ccc(Cl)cc2)[nH]c(=O)c2c1ncn2Cc1ccccc1. The highest BCUT2D eigenvalue weighted by Gasteiger charge is 2.12. The molecule has 0 unspecified atom stereocenters. The molecule has 7 nitrogen and oxygen atoms in total. The summed E-state index contributed by atoms with van der Waals surface area (Å²) in [5.74, 6) is 0.0385. The van der Waals surface area contributed by atoms with Crippen molar-refractivity contribution in [3.63, 3.8) is 0 Å². The van der Waals surface area contributed by atoms with Crippen LogP contribution in [-0.4, -0.2) is 19.5 Å². The Morgan fingerprint density at radius 3 is 2.52 bits per heavy atom. The smallest absolute Gasteiger partial charge is 0.301 e. The topological polar surface area (TPSA) is 92.7 Å². The van der Waals surface area contributed by atoms with E-state index >= 15 is 0 Å². The summed E-state index contributed by atoms with van der Waals surface area (Å²) >= 11 is 5.86. The van der Waals surface area contributed by atoms with E-state index in [1.165, 1.54) is 6.33 Å². The number of aromatic nitrogens is 4. The first-order chi connectivity index (χ1) is 13.1. The van der Waals surface area contributed by atoms with E-state index in [9.17, 15) is 9.59 Å². The van der Waals surface area contributed by atoms with Crippen molar-refractivity contribution < 1.29 is 0 Å². The second-order valence-corrected chi connectivity index (χ2v) is 6.34. The Labute approximate surface area is 158 Å². The zero-order chi connectivity index (χ0) is 18.8. The molecule has 0 spiro atoms. The lowest BCUT2D eigenvalue weighted by Crippen LogP contribution is -2.10. The maximum atomic E-state index is 12.7. The lowest BCUT2D eigenvalue weighted by atomic mass is 10.2. The number of halogens is 1. The number of nitrogens with zero attached hydrogens (tertiary/aromatic N) is 3. The standard InChI is InChI=1S/C19H14ClN5O2/c20-13-6-8-14(9-7-13)22-19-23-17(26)15-16(18(27)24-19)25(11-21-15)10-12-4-2-1-3-5-12/h1-9,11H,10H2,(H2,22,23,24,26,27). The molecule has 4 aromatic rings. The van der Waals surface area contributed by atoms with Crippen molar-refractivity contribution in [3.05, 3.63) is 92.2 Å². The molecule has 4 rings (SSSR count). The number of hydrogen-bond donors (Lipinski definition) is 2. The molecule has 0 aliphatic carbocycles. The highest BCUT2D eigenvalue weighted by Crippen LogP contribution is 2.16. The summed E-state index contributed by atoms with van der Waals surface area (Å²) < 4.78 is 1.64. The lowest BCUT2D eigenvalue weighted by molar-refractivity contribution is 0.820. The summed E-state index contributed by atoms with van der Waals surface area (Å²) in [6.07, 6.45) is 1.47. The number of benzene rings is 2. The van der Waals surface area contributed by atoms with Gasteiger partial charge in [-0.2, -0.15) is 4.98 Å². The van der Waals surface area contributed by atoms with Gasteiger partial charge in [-0.15, -0.1) is 0 Å². The van der Waals surface area contributed by atoms with Crippen LogP contribution in [-0.2, 0) is 6.54 Å². The summed E-state index contributed by atoms with van der Waals surface area (Å²) in [4.78, 5) is 35.8. The number of fused-ring (bicyclic) bond motifs is 1. The summed E-state index contributed by atoms with van der Waals surface area (Å²) in [7, 11) is 0. The third-order valence-corrected chi connectivity index (χ3v) is 4.26. The Morgan fingerprint density at radius 1 is 1.04 bits per heavy atom. The van der Waals surface area contributed by atoms with Crippen molar-refractivity contribution in [2.75, 3.05) is 5.32 Å². The fourth-order valence-corrected chi connectivity index (χ4v) is 2.88. The minimum absolute atomic E-state index is 0.0244. The van der Waals surface area contributed by atoms with Crippen LogP contribution in [0.25, 0.3) is 11.0 Å². The molecule has 2 aromatic heterocycles. The fourth-order valence-electron chi connectivity index (χ4n) is 2.76. The number of H-pyrrole nitrogens is 1. The molecular formula is C19H14ClN5O2. The van der Waals surface area contributed by atoms with E-state index in [-0.39, 0.29) is 17.0 Å². The van der Waals surface area contributed by atoms with Crippen molar-refractivity contribution in [3.8, 4) is 0 Å². The van der Waals surface area contributed by atoms with Gasteiger partial charge in [0.1, 0.15) is 5.52 Å². The molecule has 0 fully saturated rings. The second-order valence-electron chi connectivity index (χ2n) is 5.91. The first kappa shape index (κ1) is 17.0. The maximum Gasteiger partial charge on any atom is 0.301 e. The molecule has 0 bridgehead atoms. The van der Waals surface area contributed by atoms with Gasteiger partial charge in [-0.3, -0.25) is 14.6 Å². The number of rotatable bonds is 4. The summed E-state index contributed by atoms with van der Waals surface area (Å²) in [5.41, 5.74) is 0.786. The number of anilines is 2. The van der Waals surface area contributed by atoms with Gasteiger partial charge < -0.3 is 9.88 Å². The first-order valence-corrected chi connectivity index (χ1v) is 8.54. The highest BCUT2D eigenvalue weighted by atomic mass is 35.5. The molecule has 0 aliphatic heterocycles. The minimum atomic E-state index is -0.591. The molecule has 2 heterocycles. The molecule has 134 valence electrons. The average molecular weight is 380 g/mol. The van der Waals surface area contributed by atoms with E-state index < -0.39 is 11.1 Å². The van der Waals surface area contributed by atoms with Crippen molar-refractivity contribution in [1.29, 1.82) is 0 Å². The Balaban J connectivity index is 1.78. The maximum absolute atomic E-state index is 12.7. The fraction of sp³-hybridized carbons (Fsp3) is 0.0526. The van der Waals surface area contributed by atoms with Crippen molar-refractivity contribution in [2.24, 2.45) is 0 Å². The van der Waals surface area contributed by atoms with Gasteiger partial charge in [0, 0.05) is 17.3 Å². The zero-order valence-electron chi connectivity index (χ0n) is 14.0. The van der Waals surface area contributed by atoms with Gasteiger partial charge in [0.15, 0.2) is 5.52 Å². The number of hydrogen-bond acceptors (Lipinski definition) is 5. The molecule has 0 aliphatic rings. The van der Waals surface area contributed by atoms with Crippen LogP contribution >= 0.6 is 11.6 Å². The van der Waals surface area contributed by atoms with Crippen LogP contribution in [0.15, 0.2) is 70.5 Å². The van der Waals surface area contributed by atoms with Crippen molar-refractivity contribution >= 4 is 34.3 Å². The first-order valence-electron chi connectivity index (χ1n) is 8.16. The van der Waals surface area contributed by atoms with Crippen LogP contribution in [0.3, 0.4) is 0 Å². The van der Waals surface area contributed by atoms with E-state index in [2.05, 4.69) is 20.3 Å². The van der Waals surface area contributed by atoms with Gasteiger partial charge in [-0.25, -0.2) is 4.98 Å². The molecule has 27 heavy (non-hydrogen) atoms. The normalized spacial score (nSPS) is 10.9. The zero-order valence-corrected chi connectivity index (χ0v) is 14.8. The van der Waals surface area contributed by atoms with Crippen LogP contribution in [0.5, 0.6) is 0 Å². The molecule has 0 atom stereocenters. The molecule has 0 saturated carbocycles. The van der Waals surface area contributed by atoms with Gasteiger partial charge >= 0.3 is 5.56 Å². The predicted molar refractivity (Wildman–Crippen MR) is 105 cm³/mol. The number of aromatic amines is 1. The monoisotopic (exact) mass is 379 g/mol. The number of nitrogens with one attached hydrogen (secondary N) is 2. The van der Waals surface area contributed by atoms with Crippen molar-refractivity contribution in [1.82, 2.24) is 19.5 Å². The van der Waals surface area contributed by atoms with Gasteiger partial charge in [-0.1, -0.05) is 41.9 Å². The Kier molecular flexibility index (Phi) is 4.43. The van der Waals surface area contributed by atoms with Crippen LogP contribution in [0, 0.1) is 0 Å². The van der Waals surface area contributed by atoms with Gasteiger partial charge in [0.25, 0.3) is 5.56 Å². The van der Waals surface area contributed by atoms with E-state index in [4.69, 9.17) is 11.6 Å². The Hall–Kier alpha value is -3.45. The predicted octanol–water partition coefficient (Wildman–Crippen LogP) is 2.93. The molecule has 8 heteroatoms. The molecule has 2 N–H and O–H groups in total. The average Bonchev–Trinajstić information content (AvgIpc) is 3.03. The molecule has 0 radical (unpaired) electrons. The van der Waals surface area contributed by atoms with Crippen LogP contribution in [0.2, 0.25) is 5.02 Å². The van der Waals surface area contributed by atoms with Crippen LogP contribution in [0.4, 0.5) is 11.6 Å². The number of imidazole rings is 1. The third-order valence-electron chi connectivity index (χ3n) is 4.00. The quantitative estimate of drug-likeness (QED) is 0.568. The summed E-state index contributed by atoms with van der Waals surface area (Å²) in [5, 5.41) is 3.48. The van der Waals surface area contributed by atoms with Crippen LogP contribution in [0.1, 0.15) is 5.56 Å². The molecular weight excluding hydrogens is 366 g/mol. The second kappa shape index (κ2) is 7.05. The van der Waals surface area contributed by atoms with Crippen LogP contribution < -0.4 is 16.4 Å². The lowest BCUT2D eigenvalue weighted by Gasteiger charge is -2.03. The molecule has 0 saturated heterocycles. The Bertz CT molecular complexity index is 1220. The van der Waals surface area contributed by atoms with Gasteiger partial charge in [0.05, 0.1) is 6.33 Å². The van der Waals surface area contributed by atoms with Gasteiger partial charge in [-0.05, 0) is 29.8 Å². The summed E-state index contributed by atoms with van der Waals surface area (Å²) in [6.45, 7) is 0.420. The minimum Gasteiger partial charge on any atom is -0.326 e. The van der Waals surface area contributed by atoms with Gasteiger partial charge in [0.2, 0.25) is 5.95 Å². The van der Waals surface area contributed by atoms with E-state index in [0.29, 0.717) is 17.3 Å². The third kappa shape index (κ3) is 3.58.